The van der Waals surface area contributed by atoms with Crippen molar-refractivity contribution in [3.8, 4) is 5.75 Å². The van der Waals surface area contributed by atoms with E-state index < -0.39 is 6.04 Å². The van der Waals surface area contributed by atoms with Gasteiger partial charge in [-0.2, -0.15) is 0 Å². The van der Waals surface area contributed by atoms with Crippen LogP contribution < -0.4 is 15.8 Å². The number of benzene rings is 1. The first-order chi connectivity index (χ1) is 16.3. The first-order valence-corrected chi connectivity index (χ1v) is 12.4. The molecule has 3 rings (SSSR count). The summed E-state index contributed by atoms with van der Waals surface area (Å²) in [4.78, 5) is 42.9. The van der Waals surface area contributed by atoms with E-state index in [0.29, 0.717) is 30.5 Å². The van der Waals surface area contributed by atoms with Crippen molar-refractivity contribution in [3.63, 3.8) is 0 Å². The summed E-state index contributed by atoms with van der Waals surface area (Å²) in [7, 11) is 0. The Morgan fingerprint density at radius 2 is 1.82 bits per heavy atom. The Bertz CT molecular complexity index is 886. The van der Waals surface area contributed by atoms with Crippen molar-refractivity contribution in [2.75, 3.05) is 44.6 Å². The minimum absolute atomic E-state index is 0.0311. The molecule has 2 heterocycles. The second kappa shape index (κ2) is 12.1. The molecule has 0 aromatic heterocycles. The number of anilines is 1. The third kappa shape index (κ3) is 6.44. The lowest BCUT2D eigenvalue weighted by Crippen LogP contribution is -2.41. The second-order valence-corrected chi connectivity index (χ2v) is 9.02. The number of likely N-dealkylation sites (N-methyl/N-ethyl adjacent to an activating group) is 1. The molecule has 10 heteroatoms. The number of ether oxygens (including phenoxy) is 1. The number of nitrogens with two attached hydrogens (primary N) is 1. The number of carbonyl (C=O) groups is 3. The van der Waals surface area contributed by atoms with Gasteiger partial charge in [0, 0.05) is 24.7 Å². The maximum atomic E-state index is 13.0. The molecule has 0 saturated carbocycles. The lowest BCUT2D eigenvalue weighted by atomic mass is 9.96. The van der Waals surface area contributed by atoms with E-state index in [1.165, 1.54) is 0 Å². The highest BCUT2D eigenvalue weighted by molar-refractivity contribution is 7.80. The summed E-state index contributed by atoms with van der Waals surface area (Å²) in [5, 5.41) is 3.35. The Morgan fingerprint density at radius 3 is 2.41 bits per heavy atom. The van der Waals surface area contributed by atoms with Crippen molar-refractivity contribution in [1.29, 1.82) is 0 Å². The summed E-state index contributed by atoms with van der Waals surface area (Å²) in [5.74, 6) is 0.127. The molecule has 3 N–H and O–H groups in total. The SMILES string of the molecule is CCOc1ccc(NC(=O)CC2C(=O)N(CC)C(=S)N2CCCN2CCC(C(N)=O)CC2)cc1. The van der Waals surface area contributed by atoms with Crippen LogP contribution in [0.5, 0.6) is 5.75 Å². The highest BCUT2D eigenvalue weighted by Crippen LogP contribution is 2.23. The maximum absolute atomic E-state index is 13.0. The van der Waals surface area contributed by atoms with Gasteiger partial charge in [-0.25, -0.2) is 0 Å². The molecule has 0 bridgehead atoms. The van der Waals surface area contributed by atoms with Gasteiger partial charge in [-0.15, -0.1) is 0 Å². The van der Waals surface area contributed by atoms with Crippen molar-refractivity contribution >= 4 is 40.7 Å². The minimum Gasteiger partial charge on any atom is -0.494 e. The van der Waals surface area contributed by atoms with Gasteiger partial charge in [0.1, 0.15) is 11.8 Å². The highest BCUT2D eigenvalue weighted by Gasteiger charge is 2.42. The summed E-state index contributed by atoms with van der Waals surface area (Å²) in [6.45, 7) is 7.96. The van der Waals surface area contributed by atoms with Gasteiger partial charge >= 0.3 is 0 Å². The van der Waals surface area contributed by atoms with Gasteiger partial charge in [-0.3, -0.25) is 19.3 Å². The molecule has 0 spiro atoms. The fraction of sp³-hybridized carbons (Fsp3) is 0.583. The van der Waals surface area contributed by atoms with E-state index in [4.69, 9.17) is 22.7 Å². The molecule has 0 aliphatic carbocycles. The average molecular weight is 490 g/mol. The van der Waals surface area contributed by atoms with Crippen molar-refractivity contribution in [1.82, 2.24) is 14.7 Å². The fourth-order valence-electron chi connectivity index (χ4n) is 4.53. The van der Waals surface area contributed by atoms with E-state index in [1.807, 2.05) is 18.7 Å². The van der Waals surface area contributed by atoms with E-state index in [-0.39, 0.29) is 30.1 Å². The number of carbonyl (C=O) groups excluding carboxylic acids is 3. The monoisotopic (exact) mass is 489 g/mol. The molecule has 2 fully saturated rings. The van der Waals surface area contributed by atoms with Crippen molar-refractivity contribution in [2.24, 2.45) is 11.7 Å². The van der Waals surface area contributed by atoms with Gasteiger partial charge in [0.25, 0.3) is 5.91 Å². The first kappa shape index (κ1) is 25.9. The maximum Gasteiger partial charge on any atom is 0.252 e. The molecule has 2 saturated heterocycles. The lowest BCUT2D eigenvalue weighted by molar-refractivity contribution is -0.130. The van der Waals surface area contributed by atoms with Gasteiger partial charge in [0.05, 0.1) is 13.0 Å². The van der Waals surface area contributed by atoms with E-state index in [2.05, 4.69) is 10.2 Å². The molecule has 2 aliphatic rings. The normalized spacial score (nSPS) is 19.5. The Kier molecular flexibility index (Phi) is 9.23. The van der Waals surface area contributed by atoms with Gasteiger partial charge in [0.15, 0.2) is 5.11 Å². The second-order valence-electron chi connectivity index (χ2n) is 8.66. The number of hydrogen-bond donors (Lipinski definition) is 2. The van der Waals surface area contributed by atoms with Gasteiger partial charge in [0.2, 0.25) is 11.8 Å². The van der Waals surface area contributed by atoms with Crippen LogP contribution in [0.25, 0.3) is 0 Å². The zero-order chi connectivity index (χ0) is 24.7. The number of thiocarbonyl (C=S) groups is 1. The molecule has 1 aromatic rings. The zero-order valence-corrected chi connectivity index (χ0v) is 20.8. The fourth-order valence-corrected chi connectivity index (χ4v) is 4.97. The Labute approximate surface area is 206 Å². The largest absolute Gasteiger partial charge is 0.494 e. The van der Waals surface area contributed by atoms with Crippen LogP contribution in [0.3, 0.4) is 0 Å². The molecular formula is C24H35N5O4S. The smallest absolute Gasteiger partial charge is 0.252 e. The van der Waals surface area contributed by atoms with E-state index >= 15 is 0 Å². The number of nitrogens with one attached hydrogen (secondary N) is 1. The van der Waals surface area contributed by atoms with Crippen LogP contribution in [0, 0.1) is 5.92 Å². The molecule has 1 aromatic carbocycles. The summed E-state index contributed by atoms with van der Waals surface area (Å²) < 4.78 is 5.43. The molecule has 1 unspecified atom stereocenters. The van der Waals surface area contributed by atoms with E-state index in [0.717, 1.165) is 44.6 Å². The number of hydrogen-bond acceptors (Lipinski definition) is 6. The predicted molar refractivity (Wildman–Crippen MR) is 134 cm³/mol. The molecule has 186 valence electrons. The number of amides is 3. The van der Waals surface area contributed by atoms with Crippen LogP contribution in [0.2, 0.25) is 0 Å². The third-order valence-corrected chi connectivity index (χ3v) is 6.87. The number of nitrogens with zero attached hydrogens (tertiary/aromatic N) is 3. The zero-order valence-electron chi connectivity index (χ0n) is 20.0. The van der Waals surface area contributed by atoms with Crippen molar-refractivity contribution in [2.45, 2.75) is 45.6 Å². The minimum atomic E-state index is -0.601. The Hall–Kier alpha value is -2.72. The average Bonchev–Trinajstić information content (AvgIpc) is 3.04. The van der Waals surface area contributed by atoms with Gasteiger partial charge in [-0.1, -0.05) is 0 Å². The number of likely N-dealkylation sites (tertiary alicyclic amines) is 1. The quantitative estimate of drug-likeness (QED) is 0.457. The third-order valence-electron chi connectivity index (χ3n) is 6.41. The number of rotatable bonds is 11. The highest BCUT2D eigenvalue weighted by atomic mass is 32.1. The van der Waals surface area contributed by atoms with E-state index in [1.54, 1.807) is 29.2 Å². The van der Waals surface area contributed by atoms with Crippen molar-refractivity contribution < 1.29 is 19.1 Å². The van der Waals surface area contributed by atoms with Crippen LogP contribution >= 0.6 is 12.2 Å². The number of primary amides is 1. The topological polar surface area (TPSA) is 108 Å². The first-order valence-electron chi connectivity index (χ1n) is 12.0. The molecular weight excluding hydrogens is 454 g/mol. The number of piperidine rings is 1. The predicted octanol–water partition coefficient (Wildman–Crippen LogP) is 1.82. The molecule has 1 atom stereocenters. The van der Waals surface area contributed by atoms with Crippen LogP contribution in [-0.2, 0) is 14.4 Å². The summed E-state index contributed by atoms with van der Waals surface area (Å²) >= 11 is 5.57. The molecule has 0 radical (unpaired) electrons. The molecule has 9 nitrogen and oxygen atoms in total. The van der Waals surface area contributed by atoms with Crippen LogP contribution in [0.1, 0.15) is 39.5 Å². The summed E-state index contributed by atoms with van der Waals surface area (Å²) in [5.41, 5.74) is 6.07. The van der Waals surface area contributed by atoms with Crippen LogP contribution in [-0.4, -0.2) is 82.9 Å². The van der Waals surface area contributed by atoms with Gasteiger partial charge in [-0.05, 0) is 89.2 Å². The lowest BCUT2D eigenvalue weighted by Gasteiger charge is -2.31. The van der Waals surface area contributed by atoms with Gasteiger partial charge < -0.3 is 25.6 Å². The van der Waals surface area contributed by atoms with Crippen molar-refractivity contribution in [3.05, 3.63) is 24.3 Å². The standard InChI is InChI=1S/C24H35N5O4S/c1-3-28-23(32)20(16-21(30)26-18-6-8-19(9-7-18)33-4-2)29(24(28)34)13-5-12-27-14-10-17(11-15-27)22(25)31/h6-9,17,20H,3-5,10-16H2,1-2H3,(H2,25,31)(H,26,30). The summed E-state index contributed by atoms with van der Waals surface area (Å²) in [6.07, 6.45) is 2.41. The molecule has 34 heavy (non-hydrogen) atoms. The molecule has 3 amide bonds. The van der Waals surface area contributed by atoms with Crippen LogP contribution in [0.4, 0.5) is 5.69 Å². The van der Waals surface area contributed by atoms with E-state index in [9.17, 15) is 14.4 Å². The summed E-state index contributed by atoms with van der Waals surface area (Å²) in [6, 6.07) is 6.55. The molecule has 2 aliphatic heterocycles. The Morgan fingerprint density at radius 1 is 1.15 bits per heavy atom. The van der Waals surface area contributed by atoms with Crippen LogP contribution in [0.15, 0.2) is 24.3 Å². The Balaban J connectivity index is 1.54.